The predicted octanol–water partition coefficient (Wildman–Crippen LogP) is 4.47. The molecule has 2 aromatic heterocycles. The van der Waals surface area contributed by atoms with E-state index in [-0.39, 0.29) is 0 Å². The van der Waals surface area contributed by atoms with Gasteiger partial charge in [-0.3, -0.25) is 0 Å². The maximum atomic E-state index is 4.48. The van der Waals surface area contributed by atoms with E-state index < -0.39 is 0 Å². The Morgan fingerprint density at radius 1 is 0.958 bits per heavy atom. The Kier molecular flexibility index (Phi) is 3.89. The van der Waals surface area contributed by atoms with E-state index in [9.17, 15) is 0 Å². The molecule has 0 atom stereocenters. The molecule has 0 bridgehead atoms. The molecular formula is C18H14IN5. The van der Waals surface area contributed by atoms with Gasteiger partial charge in [-0.25, -0.2) is 14.6 Å². The van der Waals surface area contributed by atoms with Crippen molar-refractivity contribution in [3.63, 3.8) is 0 Å². The third-order valence-corrected chi connectivity index (χ3v) is 4.47. The smallest absolute Gasteiger partial charge is 0.168 e. The second kappa shape index (κ2) is 6.20. The van der Waals surface area contributed by atoms with Crippen LogP contribution in [-0.2, 0) is 0 Å². The summed E-state index contributed by atoms with van der Waals surface area (Å²) in [5, 5.41) is 8.71. The number of benzene rings is 2. The molecule has 0 spiro atoms. The summed E-state index contributed by atoms with van der Waals surface area (Å²) in [7, 11) is 0. The first kappa shape index (κ1) is 15.1. The minimum Gasteiger partial charge on any atom is -0.340 e. The predicted molar refractivity (Wildman–Crippen MR) is 104 cm³/mol. The third-order valence-electron chi connectivity index (χ3n) is 3.75. The van der Waals surface area contributed by atoms with Crippen molar-refractivity contribution in [3.05, 3.63) is 70.2 Å². The second-order valence-corrected chi connectivity index (χ2v) is 6.73. The highest BCUT2D eigenvalue weighted by molar-refractivity contribution is 14.1. The Hall–Kier alpha value is -2.48. The van der Waals surface area contributed by atoms with E-state index in [1.807, 2.05) is 28.9 Å². The van der Waals surface area contributed by atoms with Gasteiger partial charge in [-0.1, -0.05) is 17.7 Å². The lowest BCUT2D eigenvalue weighted by atomic mass is 10.2. The molecule has 5 nitrogen and oxygen atoms in total. The van der Waals surface area contributed by atoms with Crippen LogP contribution in [0, 0.1) is 10.5 Å². The van der Waals surface area contributed by atoms with E-state index in [0.29, 0.717) is 0 Å². The van der Waals surface area contributed by atoms with E-state index in [1.165, 1.54) is 9.13 Å². The highest BCUT2D eigenvalue weighted by Crippen LogP contribution is 2.25. The van der Waals surface area contributed by atoms with Crippen LogP contribution in [-0.4, -0.2) is 19.7 Å². The lowest BCUT2D eigenvalue weighted by molar-refractivity contribution is 0.894. The molecule has 0 amide bonds. The summed E-state index contributed by atoms with van der Waals surface area (Å²) < 4.78 is 3.02. The molecule has 0 radical (unpaired) electrons. The number of anilines is 2. The van der Waals surface area contributed by atoms with Crippen molar-refractivity contribution in [2.45, 2.75) is 6.92 Å². The summed E-state index contributed by atoms with van der Waals surface area (Å²) in [5.41, 5.74) is 3.96. The topological polar surface area (TPSA) is 55.6 Å². The van der Waals surface area contributed by atoms with Crippen molar-refractivity contribution in [3.8, 4) is 5.69 Å². The fourth-order valence-electron chi connectivity index (χ4n) is 2.49. The van der Waals surface area contributed by atoms with Gasteiger partial charge in [-0.05, 0) is 65.9 Å². The van der Waals surface area contributed by atoms with Gasteiger partial charge >= 0.3 is 0 Å². The van der Waals surface area contributed by atoms with Crippen molar-refractivity contribution < 1.29 is 0 Å². The number of rotatable bonds is 3. The van der Waals surface area contributed by atoms with Crippen molar-refractivity contribution in [1.29, 1.82) is 0 Å². The average molecular weight is 427 g/mol. The summed E-state index contributed by atoms with van der Waals surface area (Å²) in [5.74, 6) is 0.750. The Morgan fingerprint density at radius 2 is 1.71 bits per heavy atom. The van der Waals surface area contributed by atoms with Gasteiger partial charge in [0, 0.05) is 9.26 Å². The summed E-state index contributed by atoms with van der Waals surface area (Å²) in [6.45, 7) is 2.07. The van der Waals surface area contributed by atoms with E-state index in [1.54, 1.807) is 12.5 Å². The first-order valence-electron chi connectivity index (χ1n) is 7.49. The molecule has 0 aliphatic heterocycles. The van der Waals surface area contributed by atoms with Gasteiger partial charge in [0.1, 0.15) is 12.1 Å². The zero-order chi connectivity index (χ0) is 16.5. The molecule has 2 aromatic carbocycles. The van der Waals surface area contributed by atoms with Crippen molar-refractivity contribution >= 4 is 45.1 Å². The summed E-state index contributed by atoms with van der Waals surface area (Å²) in [6.07, 6.45) is 3.36. The molecule has 24 heavy (non-hydrogen) atoms. The summed E-state index contributed by atoms with van der Waals surface area (Å²) in [6, 6.07) is 16.4. The molecular weight excluding hydrogens is 413 g/mol. The molecule has 2 heterocycles. The van der Waals surface area contributed by atoms with Crippen LogP contribution >= 0.6 is 22.6 Å². The lowest BCUT2D eigenvalue weighted by Crippen LogP contribution is -1.99. The number of halogens is 1. The van der Waals surface area contributed by atoms with Gasteiger partial charge in [-0.2, -0.15) is 5.10 Å². The van der Waals surface area contributed by atoms with Crippen LogP contribution in [0.3, 0.4) is 0 Å². The van der Waals surface area contributed by atoms with E-state index in [4.69, 9.17) is 0 Å². The molecule has 0 saturated heterocycles. The number of nitrogens with zero attached hydrogens (tertiary/aromatic N) is 4. The number of aryl methyl sites for hydroxylation is 1. The maximum absolute atomic E-state index is 4.48. The molecule has 4 aromatic rings. The van der Waals surface area contributed by atoms with Gasteiger partial charge in [0.25, 0.3) is 0 Å². The zero-order valence-corrected chi connectivity index (χ0v) is 15.1. The maximum Gasteiger partial charge on any atom is 0.168 e. The molecule has 0 aliphatic rings. The monoisotopic (exact) mass is 427 g/mol. The standard InChI is InChI=1S/C18H14IN5/c1-12-2-8-15(9-3-12)24-18-16(10-22-24)17(20-11-21-18)23-14-6-4-13(19)5-7-14/h2-11H,1H3,(H,20,21,23). The Balaban J connectivity index is 1.76. The Bertz CT molecular complexity index is 990. The fraction of sp³-hybridized carbons (Fsp3) is 0.0556. The van der Waals surface area contributed by atoms with E-state index in [2.05, 4.69) is 74.2 Å². The molecule has 118 valence electrons. The number of nitrogens with one attached hydrogen (secondary N) is 1. The Morgan fingerprint density at radius 3 is 2.46 bits per heavy atom. The van der Waals surface area contributed by atoms with Crippen LogP contribution in [0.25, 0.3) is 16.7 Å². The second-order valence-electron chi connectivity index (χ2n) is 5.48. The zero-order valence-electron chi connectivity index (χ0n) is 12.9. The number of fused-ring (bicyclic) bond motifs is 1. The van der Waals surface area contributed by atoms with Crippen molar-refractivity contribution in [2.24, 2.45) is 0 Å². The van der Waals surface area contributed by atoms with Gasteiger partial charge in [0.05, 0.1) is 17.3 Å². The number of aromatic nitrogens is 4. The average Bonchev–Trinajstić information content (AvgIpc) is 3.03. The van der Waals surface area contributed by atoms with E-state index >= 15 is 0 Å². The Labute approximate surface area is 152 Å². The fourth-order valence-corrected chi connectivity index (χ4v) is 2.85. The first-order chi connectivity index (χ1) is 11.7. The van der Waals surface area contributed by atoms with E-state index in [0.717, 1.165) is 28.2 Å². The minimum atomic E-state index is 0.750. The summed E-state index contributed by atoms with van der Waals surface area (Å²) >= 11 is 2.29. The molecule has 1 N–H and O–H groups in total. The molecule has 0 fully saturated rings. The highest BCUT2D eigenvalue weighted by Gasteiger charge is 2.11. The number of hydrogen-bond donors (Lipinski definition) is 1. The lowest BCUT2D eigenvalue weighted by Gasteiger charge is -2.07. The van der Waals surface area contributed by atoms with Gasteiger partial charge < -0.3 is 5.32 Å². The van der Waals surface area contributed by atoms with Gasteiger partial charge in [-0.15, -0.1) is 0 Å². The van der Waals surface area contributed by atoms with Crippen LogP contribution in [0.1, 0.15) is 5.56 Å². The molecule has 0 unspecified atom stereocenters. The number of hydrogen-bond acceptors (Lipinski definition) is 4. The van der Waals surface area contributed by atoms with Gasteiger partial charge in [0.2, 0.25) is 0 Å². The SMILES string of the molecule is Cc1ccc(-n2ncc3c(Nc4ccc(I)cc4)ncnc32)cc1. The van der Waals surface area contributed by atoms with Gasteiger partial charge in [0.15, 0.2) is 5.65 Å². The summed E-state index contributed by atoms with van der Waals surface area (Å²) in [4.78, 5) is 8.77. The molecule has 0 aliphatic carbocycles. The van der Waals surface area contributed by atoms with Crippen LogP contribution < -0.4 is 5.32 Å². The quantitative estimate of drug-likeness (QED) is 0.491. The van der Waals surface area contributed by atoms with Crippen LogP contribution in [0.2, 0.25) is 0 Å². The minimum absolute atomic E-state index is 0.750. The van der Waals surface area contributed by atoms with Crippen LogP contribution in [0.15, 0.2) is 61.1 Å². The molecule has 6 heteroatoms. The van der Waals surface area contributed by atoms with Crippen molar-refractivity contribution in [2.75, 3.05) is 5.32 Å². The van der Waals surface area contributed by atoms with Crippen LogP contribution in [0.5, 0.6) is 0 Å². The molecule has 0 saturated carbocycles. The normalized spacial score (nSPS) is 10.9. The largest absolute Gasteiger partial charge is 0.340 e. The first-order valence-corrected chi connectivity index (χ1v) is 8.57. The highest BCUT2D eigenvalue weighted by atomic mass is 127. The molecule has 4 rings (SSSR count). The van der Waals surface area contributed by atoms with Crippen LogP contribution in [0.4, 0.5) is 11.5 Å². The van der Waals surface area contributed by atoms with Crippen molar-refractivity contribution in [1.82, 2.24) is 19.7 Å². The third kappa shape index (κ3) is 2.84.